The monoisotopic (exact) mass is 200 g/mol. The summed E-state index contributed by atoms with van der Waals surface area (Å²) < 4.78 is 0. The summed E-state index contributed by atoms with van der Waals surface area (Å²) in [4.78, 5) is 0. The molecule has 0 spiro atoms. The molecule has 1 aliphatic carbocycles. The lowest BCUT2D eigenvalue weighted by atomic mass is 9.98. The highest BCUT2D eigenvalue weighted by Gasteiger charge is 2.01. The molecule has 1 aliphatic rings. The molecule has 0 aliphatic heterocycles. The van der Waals surface area contributed by atoms with E-state index >= 15 is 0 Å². The normalized spacial score (nSPS) is 17.9. The summed E-state index contributed by atoms with van der Waals surface area (Å²) in [6.07, 6.45) is 13.7. The Labute approximate surface area is 93.0 Å². The number of hydrogen-bond acceptors (Lipinski definition) is 0. The van der Waals surface area contributed by atoms with E-state index in [0.29, 0.717) is 0 Å². The second kappa shape index (κ2) is 5.75. The van der Waals surface area contributed by atoms with Crippen LogP contribution in [0.4, 0.5) is 0 Å². The fraction of sp³-hybridized carbons (Fsp3) is 0.467. The maximum atomic E-state index is 2.36. The quantitative estimate of drug-likeness (QED) is 0.548. The zero-order valence-electron chi connectivity index (χ0n) is 9.41. The maximum Gasteiger partial charge on any atom is -0.0273 e. The van der Waals surface area contributed by atoms with Crippen molar-refractivity contribution >= 4 is 0 Å². The van der Waals surface area contributed by atoms with E-state index in [1.165, 1.54) is 44.9 Å². The molecule has 0 radical (unpaired) electrons. The maximum absolute atomic E-state index is 2.36. The van der Waals surface area contributed by atoms with Gasteiger partial charge in [-0.2, -0.15) is 0 Å². The average molecular weight is 200 g/mol. The molecule has 0 nitrogen and oxygen atoms in total. The molecule has 0 saturated carbocycles. The zero-order chi connectivity index (χ0) is 10.3. The van der Waals surface area contributed by atoms with Crippen molar-refractivity contribution in [2.75, 3.05) is 0 Å². The van der Waals surface area contributed by atoms with Crippen molar-refractivity contribution in [2.45, 2.75) is 44.9 Å². The van der Waals surface area contributed by atoms with Crippen LogP contribution < -0.4 is 0 Å². The Morgan fingerprint density at radius 1 is 0.667 bits per heavy atom. The highest BCUT2D eigenvalue weighted by Crippen LogP contribution is 2.16. The predicted octanol–water partition coefficient (Wildman–Crippen LogP) is 4.29. The molecule has 0 atom stereocenters. The van der Waals surface area contributed by atoms with E-state index in [1.54, 1.807) is 11.1 Å². The van der Waals surface area contributed by atoms with Gasteiger partial charge in [-0.3, -0.25) is 0 Å². The summed E-state index contributed by atoms with van der Waals surface area (Å²) in [7, 11) is 0. The van der Waals surface area contributed by atoms with Crippen molar-refractivity contribution in [1.82, 2.24) is 0 Å². The van der Waals surface area contributed by atoms with Crippen LogP contribution in [0.5, 0.6) is 0 Å². The van der Waals surface area contributed by atoms with E-state index in [-0.39, 0.29) is 0 Å². The fourth-order valence-electron chi connectivity index (χ4n) is 2.27. The van der Waals surface area contributed by atoms with Crippen LogP contribution in [-0.4, -0.2) is 0 Å². The van der Waals surface area contributed by atoms with Crippen LogP contribution in [0.3, 0.4) is 0 Å². The highest BCUT2D eigenvalue weighted by atomic mass is 14.1. The molecule has 0 saturated heterocycles. The Hall–Kier alpha value is -1.04. The number of aryl methyl sites for hydroxylation is 2. The SMILES string of the molecule is C1=CCCCc2ccccc2CCCC1. The molecule has 80 valence electrons. The summed E-state index contributed by atoms with van der Waals surface area (Å²) in [6, 6.07) is 8.96. The molecule has 0 heteroatoms. The van der Waals surface area contributed by atoms with Crippen LogP contribution >= 0.6 is 0 Å². The van der Waals surface area contributed by atoms with Gasteiger partial charge in [0, 0.05) is 0 Å². The molecule has 1 aromatic carbocycles. The van der Waals surface area contributed by atoms with Crippen LogP contribution in [0, 0.1) is 0 Å². The molecular weight excluding hydrogens is 180 g/mol. The smallest absolute Gasteiger partial charge is 0.0273 e. The topological polar surface area (TPSA) is 0 Å². The lowest BCUT2D eigenvalue weighted by Crippen LogP contribution is -1.94. The molecule has 0 heterocycles. The van der Waals surface area contributed by atoms with E-state index in [2.05, 4.69) is 36.4 Å². The predicted molar refractivity (Wildman–Crippen MR) is 66.1 cm³/mol. The number of fused-ring (bicyclic) bond motifs is 1. The number of rotatable bonds is 0. The Morgan fingerprint density at radius 2 is 1.27 bits per heavy atom. The minimum absolute atomic E-state index is 1.24. The summed E-state index contributed by atoms with van der Waals surface area (Å²) in [5, 5.41) is 0. The molecule has 0 N–H and O–H groups in total. The summed E-state index contributed by atoms with van der Waals surface area (Å²) in [6.45, 7) is 0. The van der Waals surface area contributed by atoms with E-state index < -0.39 is 0 Å². The van der Waals surface area contributed by atoms with E-state index in [0.717, 1.165) is 0 Å². The Bertz CT molecular complexity index is 323. The molecule has 15 heavy (non-hydrogen) atoms. The molecule has 0 fully saturated rings. The summed E-state index contributed by atoms with van der Waals surface area (Å²) in [5.41, 5.74) is 3.16. The standard InChI is InChI=1S/C15H20/c1-2-4-6-10-14-12-8-9-13-15(14)11-7-5-3-1/h1-2,8-9,12-13H,3-7,10-11H2. The van der Waals surface area contributed by atoms with Crippen molar-refractivity contribution in [3.63, 3.8) is 0 Å². The minimum Gasteiger partial charge on any atom is -0.0885 e. The molecule has 0 bridgehead atoms. The third-order valence-electron chi connectivity index (χ3n) is 3.17. The molecule has 2 rings (SSSR count). The lowest BCUT2D eigenvalue weighted by Gasteiger charge is -2.07. The molecular formula is C15H20. The largest absolute Gasteiger partial charge is 0.0885 e. The van der Waals surface area contributed by atoms with Crippen LogP contribution in [0.1, 0.15) is 43.2 Å². The first kappa shape index (κ1) is 10.5. The highest BCUT2D eigenvalue weighted by molar-refractivity contribution is 5.27. The summed E-state index contributed by atoms with van der Waals surface area (Å²) >= 11 is 0. The van der Waals surface area contributed by atoms with Gasteiger partial charge < -0.3 is 0 Å². The van der Waals surface area contributed by atoms with Crippen molar-refractivity contribution in [1.29, 1.82) is 0 Å². The van der Waals surface area contributed by atoms with Gasteiger partial charge in [0.15, 0.2) is 0 Å². The van der Waals surface area contributed by atoms with Gasteiger partial charge in [0.1, 0.15) is 0 Å². The third kappa shape index (κ3) is 3.23. The number of benzene rings is 1. The molecule has 1 aromatic rings. The second-order valence-electron chi connectivity index (χ2n) is 4.38. The van der Waals surface area contributed by atoms with Crippen molar-refractivity contribution < 1.29 is 0 Å². The number of hydrogen-bond donors (Lipinski definition) is 0. The zero-order valence-corrected chi connectivity index (χ0v) is 9.41. The van der Waals surface area contributed by atoms with Crippen molar-refractivity contribution in [3.05, 3.63) is 47.5 Å². The van der Waals surface area contributed by atoms with Gasteiger partial charge in [0.2, 0.25) is 0 Å². The Balaban J connectivity index is 2.09. The van der Waals surface area contributed by atoms with Crippen molar-refractivity contribution in [3.8, 4) is 0 Å². The first-order valence-electron chi connectivity index (χ1n) is 6.18. The van der Waals surface area contributed by atoms with Gasteiger partial charge in [-0.05, 0) is 56.1 Å². The van der Waals surface area contributed by atoms with Crippen LogP contribution in [0.15, 0.2) is 36.4 Å². The lowest BCUT2D eigenvalue weighted by molar-refractivity contribution is 0.742. The first-order valence-corrected chi connectivity index (χ1v) is 6.18. The second-order valence-corrected chi connectivity index (χ2v) is 4.38. The van der Waals surface area contributed by atoms with Crippen LogP contribution in [0.2, 0.25) is 0 Å². The number of allylic oxidation sites excluding steroid dienone is 2. The van der Waals surface area contributed by atoms with Crippen LogP contribution in [-0.2, 0) is 12.8 Å². The van der Waals surface area contributed by atoms with E-state index in [1.807, 2.05) is 0 Å². The average Bonchev–Trinajstić information content (AvgIpc) is 2.32. The van der Waals surface area contributed by atoms with Gasteiger partial charge in [-0.15, -0.1) is 0 Å². The van der Waals surface area contributed by atoms with Gasteiger partial charge in [-0.25, -0.2) is 0 Å². The van der Waals surface area contributed by atoms with Gasteiger partial charge >= 0.3 is 0 Å². The molecule has 0 aromatic heterocycles. The van der Waals surface area contributed by atoms with Gasteiger partial charge in [0.05, 0.1) is 0 Å². The third-order valence-corrected chi connectivity index (χ3v) is 3.17. The van der Waals surface area contributed by atoms with Gasteiger partial charge in [0.25, 0.3) is 0 Å². The van der Waals surface area contributed by atoms with Crippen molar-refractivity contribution in [2.24, 2.45) is 0 Å². The first-order chi connectivity index (χ1) is 7.47. The van der Waals surface area contributed by atoms with E-state index in [9.17, 15) is 0 Å². The Morgan fingerprint density at radius 3 is 2.00 bits per heavy atom. The fourth-order valence-corrected chi connectivity index (χ4v) is 2.27. The van der Waals surface area contributed by atoms with E-state index in [4.69, 9.17) is 0 Å². The minimum atomic E-state index is 1.24. The molecule has 0 unspecified atom stereocenters. The van der Waals surface area contributed by atoms with Crippen LogP contribution in [0.25, 0.3) is 0 Å². The Kier molecular flexibility index (Phi) is 4.01. The molecule has 0 amide bonds. The van der Waals surface area contributed by atoms with Gasteiger partial charge in [-0.1, -0.05) is 36.4 Å². The summed E-state index contributed by atoms with van der Waals surface area (Å²) in [5.74, 6) is 0.